The van der Waals surface area contributed by atoms with Gasteiger partial charge in [0.2, 0.25) is 5.91 Å². The number of halogens is 1. The van der Waals surface area contributed by atoms with Gasteiger partial charge in [-0.15, -0.1) is 0 Å². The molecule has 15 heavy (non-hydrogen) atoms. The number of hydrogen-bond donors (Lipinski definition) is 3. The summed E-state index contributed by atoms with van der Waals surface area (Å²) in [4.78, 5) is 14.6. The Morgan fingerprint density at radius 2 is 2.33 bits per heavy atom. The van der Waals surface area contributed by atoms with Crippen LogP contribution in [0.4, 0.5) is 11.5 Å². The Balaban J connectivity index is 2.70. The maximum Gasteiger partial charge on any atom is 0.219 e. The monoisotopic (exact) mass is 272 g/mol. The Morgan fingerprint density at radius 1 is 1.67 bits per heavy atom. The van der Waals surface area contributed by atoms with Gasteiger partial charge in [-0.1, -0.05) is 0 Å². The van der Waals surface area contributed by atoms with E-state index in [2.05, 4.69) is 26.2 Å². The van der Waals surface area contributed by atoms with Crippen LogP contribution in [0.15, 0.2) is 10.7 Å². The Morgan fingerprint density at radius 3 is 2.93 bits per heavy atom. The van der Waals surface area contributed by atoms with Crippen LogP contribution in [0.5, 0.6) is 0 Å². The fourth-order valence-electron chi connectivity index (χ4n) is 1.02. The predicted molar refractivity (Wildman–Crippen MR) is 63.4 cm³/mol. The van der Waals surface area contributed by atoms with Gasteiger partial charge in [-0.3, -0.25) is 4.79 Å². The van der Waals surface area contributed by atoms with Gasteiger partial charge in [-0.25, -0.2) is 4.98 Å². The van der Waals surface area contributed by atoms with Gasteiger partial charge in [-0.05, 0) is 28.4 Å². The number of primary amides is 1. The van der Waals surface area contributed by atoms with Crippen molar-refractivity contribution in [3.05, 3.63) is 16.2 Å². The van der Waals surface area contributed by atoms with Crippen molar-refractivity contribution in [1.29, 1.82) is 0 Å². The zero-order valence-corrected chi connectivity index (χ0v) is 9.97. The van der Waals surface area contributed by atoms with E-state index in [1.54, 1.807) is 6.20 Å². The molecular formula is C9H13BrN4O. The highest BCUT2D eigenvalue weighted by Crippen LogP contribution is 2.27. The first-order valence-electron chi connectivity index (χ1n) is 4.45. The molecule has 5 nitrogen and oxygen atoms in total. The third kappa shape index (κ3) is 3.09. The van der Waals surface area contributed by atoms with E-state index in [-0.39, 0.29) is 12.3 Å². The van der Waals surface area contributed by atoms with Crippen LogP contribution in [0, 0.1) is 6.92 Å². The van der Waals surface area contributed by atoms with Crippen LogP contribution < -0.4 is 16.8 Å². The molecule has 0 saturated heterocycles. The average Bonchev–Trinajstić information content (AvgIpc) is 2.18. The molecule has 1 rings (SSSR count). The maximum absolute atomic E-state index is 10.5. The molecule has 0 aliphatic heterocycles. The van der Waals surface area contributed by atoms with Crippen LogP contribution in [0.1, 0.15) is 12.0 Å². The zero-order chi connectivity index (χ0) is 11.4. The Hall–Kier alpha value is -1.30. The third-order valence-corrected chi connectivity index (χ3v) is 2.94. The van der Waals surface area contributed by atoms with E-state index in [1.807, 2.05) is 6.92 Å². The van der Waals surface area contributed by atoms with E-state index >= 15 is 0 Å². The largest absolute Gasteiger partial charge is 0.397 e. The number of nitrogens with two attached hydrogens (primary N) is 2. The lowest BCUT2D eigenvalue weighted by Crippen LogP contribution is -2.16. The number of pyridine rings is 1. The van der Waals surface area contributed by atoms with Gasteiger partial charge < -0.3 is 16.8 Å². The van der Waals surface area contributed by atoms with Crippen molar-refractivity contribution in [2.45, 2.75) is 13.3 Å². The minimum absolute atomic E-state index is 0.275. The van der Waals surface area contributed by atoms with Gasteiger partial charge in [0.25, 0.3) is 0 Å². The summed E-state index contributed by atoms with van der Waals surface area (Å²) in [5, 5.41) is 3.00. The Kier molecular flexibility index (Phi) is 3.90. The molecule has 6 heteroatoms. The molecule has 5 N–H and O–H groups in total. The molecule has 1 aromatic heterocycles. The second-order valence-corrected chi connectivity index (χ2v) is 3.94. The molecule has 0 unspecified atom stereocenters. The fourth-order valence-corrected chi connectivity index (χ4v) is 1.49. The van der Waals surface area contributed by atoms with E-state index in [0.29, 0.717) is 18.1 Å². The lowest BCUT2D eigenvalue weighted by molar-refractivity contribution is -0.117. The van der Waals surface area contributed by atoms with E-state index < -0.39 is 0 Å². The van der Waals surface area contributed by atoms with Crippen molar-refractivity contribution in [1.82, 2.24) is 4.98 Å². The Bertz CT molecular complexity index is 381. The van der Waals surface area contributed by atoms with Crippen molar-refractivity contribution >= 4 is 33.3 Å². The molecule has 0 spiro atoms. The van der Waals surface area contributed by atoms with Crippen LogP contribution in [0.25, 0.3) is 0 Å². The van der Waals surface area contributed by atoms with Gasteiger partial charge >= 0.3 is 0 Å². The molecule has 0 saturated carbocycles. The molecule has 0 radical (unpaired) electrons. The second kappa shape index (κ2) is 4.97. The fraction of sp³-hybridized carbons (Fsp3) is 0.333. The summed E-state index contributed by atoms with van der Waals surface area (Å²) in [6.45, 7) is 2.35. The summed E-state index contributed by atoms with van der Waals surface area (Å²) < 4.78 is 0.812. The number of nitrogen functional groups attached to an aromatic ring is 1. The van der Waals surface area contributed by atoms with Crippen LogP contribution in [-0.2, 0) is 4.79 Å². The van der Waals surface area contributed by atoms with Crippen molar-refractivity contribution in [2.75, 3.05) is 17.6 Å². The smallest absolute Gasteiger partial charge is 0.219 e. The van der Waals surface area contributed by atoms with Crippen molar-refractivity contribution in [3.8, 4) is 0 Å². The lowest BCUT2D eigenvalue weighted by Gasteiger charge is -2.09. The average molecular weight is 273 g/mol. The van der Waals surface area contributed by atoms with Crippen LogP contribution in [0.3, 0.4) is 0 Å². The third-order valence-electron chi connectivity index (χ3n) is 1.97. The summed E-state index contributed by atoms with van der Waals surface area (Å²) in [6, 6.07) is 0. The van der Waals surface area contributed by atoms with E-state index in [1.165, 1.54) is 0 Å². The number of anilines is 2. The van der Waals surface area contributed by atoms with Gasteiger partial charge in [-0.2, -0.15) is 0 Å². The number of aromatic nitrogens is 1. The summed E-state index contributed by atoms with van der Waals surface area (Å²) in [6.07, 6.45) is 1.85. The standard InChI is InChI=1S/C9H13BrN4O/c1-5-6(11)4-14-9(8(5)10)13-3-2-7(12)15/h4H,2-3,11H2,1H3,(H2,12,15)(H,13,14). The lowest BCUT2D eigenvalue weighted by atomic mass is 10.2. The molecule has 0 aliphatic carbocycles. The van der Waals surface area contributed by atoms with E-state index in [9.17, 15) is 4.79 Å². The first-order chi connectivity index (χ1) is 7.02. The number of carbonyl (C=O) groups excluding carboxylic acids is 1. The topological polar surface area (TPSA) is 94.0 Å². The molecule has 0 atom stereocenters. The van der Waals surface area contributed by atoms with Crippen LogP contribution in [-0.4, -0.2) is 17.4 Å². The highest BCUT2D eigenvalue weighted by molar-refractivity contribution is 9.10. The minimum atomic E-state index is -0.342. The van der Waals surface area contributed by atoms with Gasteiger partial charge in [0.1, 0.15) is 5.82 Å². The number of carbonyl (C=O) groups is 1. The molecule has 1 heterocycles. The van der Waals surface area contributed by atoms with Crippen molar-refractivity contribution < 1.29 is 4.79 Å². The zero-order valence-electron chi connectivity index (χ0n) is 8.38. The van der Waals surface area contributed by atoms with Crippen LogP contribution in [0.2, 0.25) is 0 Å². The second-order valence-electron chi connectivity index (χ2n) is 3.14. The normalized spacial score (nSPS) is 10.0. The molecule has 0 fully saturated rings. The minimum Gasteiger partial charge on any atom is -0.397 e. The SMILES string of the molecule is Cc1c(N)cnc(NCCC(N)=O)c1Br. The van der Waals surface area contributed by atoms with Gasteiger partial charge in [0.05, 0.1) is 16.4 Å². The quantitative estimate of drug-likeness (QED) is 0.763. The Labute approximate surface area is 96.4 Å². The van der Waals surface area contributed by atoms with E-state index in [0.717, 1.165) is 10.0 Å². The number of amides is 1. The molecule has 0 aliphatic rings. The molecule has 0 bridgehead atoms. The van der Waals surface area contributed by atoms with Crippen LogP contribution >= 0.6 is 15.9 Å². The summed E-state index contributed by atoms with van der Waals surface area (Å²) in [7, 11) is 0. The van der Waals surface area contributed by atoms with Crippen molar-refractivity contribution in [3.63, 3.8) is 0 Å². The number of nitrogens with one attached hydrogen (secondary N) is 1. The highest BCUT2D eigenvalue weighted by Gasteiger charge is 2.06. The summed E-state index contributed by atoms with van der Waals surface area (Å²) >= 11 is 3.38. The van der Waals surface area contributed by atoms with Gasteiger partial charge in [0, 0.05) is 13.0 Å². The highest BCUT2D eigenvalue weighted by atomic mass is 79.9. The molecule has 1 amide bonds. The number of nitrogens with zero attached hydrogens (tertiary/aromatic N) is 1. The molecular weight excluding hydrogens is 260 g/mol. The number of rotatable bonds is 4. The number of hydrogen-bond acceptors (Lipinski definition) is 4. The predicted octanol–water partition coefficient (Wildman–Crippen LogP) is 1.02. The molecule has 0 aromatic carbocycles. The summed E-state index contributed by atoms with van der Waals surface area (Å²) in [5.41, 5.74) is 12.2. The maximum atomic E-state index is 10.5. The van der Waals surface area contributed by atoms with E-state index in [4.69, 9.17) is 11.5 Å². The first kappa shape index (κ1) is 11.8. The molecule has 82 valence electrons. The first-order valence-corrected chi connectivity index (χ1v) is 5.24. The molecule has 1 aromatic rings. The summed E-state index contributed by atoms with van der Waals surface area (Å²) in [5.74, 6) is 0.328. The van der Waals surface area contributed by atoms with Gasteiger partial charge in [0.15, 0.2) is 0 Å². The van der Waals surface area contributed by atoms with Crippen molar-refractivity contribution in [2.24, 2.45) is 5.73 Å².